The second-order valence-electron chi connectivity index (χ2n) is 5.54. The van der Waals surface area contributed by atoms with Crippen molar-refractivity contribution in [3.8, 4) is 16.9 Å². The van der Waals surface area contributed by atoms with Crippen LogP contribution in [0, 0.1) is 0 Å². The van der Waals surface area contributed by atoms with E-state index in [0.717, 1.165) is 17.7 Å². The molecule has 3 aromatic carbocycles. The molecule has 0 amide bonds. The van der Waals surface area contributed by atoms with Gasteiger partial charge < -0.3 is 10.5 Å². The summed E-state index contributed by atoms with van der Waals surface area (Å²) in [6.45, 7) is 0.561. The van der Waals surface area contributed by atoms with Crippen LogP contribution in [0.25, 0.3) is 21.9 Å². The van der Waals surface area contributed by atoms with Crippen LogP contribution in [0.1, 0.15) is 5.56 Å². The molecule has 4 rings (SSSR count). The normalized spacial score (nSPS) is 16.7. The minimum atomic E-state index is 0.113. The third kappa shape index (κ3) is 2.08. The molecule has 1 aliphatic heterocycles. The van der Waals surface area contributed by atoms with E-state index in [-0.39, 0.29) is 6.10 Å². The molecule has 0 aliphatic carbocycles. The van der Waals surface area contributed by atoms with Gasteiger partial charge in [0, 0.05) is 18.5 Å². The number of ether oxygens (including phenoxy) is 1. The second kappa shape index (κ2) is 4.90. The molecular formula is C19H17NO. The Bertz CT molecular complexity index is 810. The number of benzene rings is 3. The van der Waals surface area contributed by atoms with Crippen LogP contribution in [0.15, 0.2) is 60.7 Å². The van der Waals surface area contributed by atoms with Gasteiger partial charge >= 0.3 is 0 Å². The highest BCUT2D eigenvalue weighted by Gasteiger charge is 2.24. The molecule has 0 fully saturated rings. The van der Waals surface area contributed by atoms with E-state index in [4.69, 9.17) is 10.5 Å². The Morgan fingerprint density at radius 1 is 0.952 bits per heavy atom. The summed E-state index contributed by atoms with van der Waals surface area (Å²) in [5.74, 6) is 1.00. The predicted molar refractivity (Wildman–Crippen MR) is 86.6 cm³/mol. The van der Waals surface area contributed by atoms with E-state index in [2.05, 4.69) is 60.7 Å². The molecule has 0 aromatic heterocycles. The zero-order valence-corrected chi connectivity index (χ0v) is 11.8. The Labute approximate surface area is 124 Å². The molecule has 1 atom stereocenters. The number of rotatable bonds is 2. The first kappa shape index (κ1) is 12.4. The fraction of sp³-hybridized carbons (Fsp3) is 0.158. The molecule has 1 heterocycles. The maximum absolute atomic E-state index is 6.03. The summed E-state index contributed by atoms with van der Waals surface area (Å²) >= 11 is 0. The molecule has 21 heavy (non-hydrogen) atoms. The van der Waals surface area contributed by atoms with Crippen LogP contribution >= 0.6 is 0 Å². The van der Waals surface area contributed by atoms with Gasteiger partial charge in [-0.05, 0) is 28.0 Å². The fourth-order valence-electron chi connectivity index (χ4n) is 3.05. The lowest BCUT2D eigenvalue weighted by atomic mass is 9.98. The third-order valence-electron chi connectivity index (χ3n) is 4.15. The summed E-state index contributed by atoms with van der Waals surface area (Å²) < 4.78 is 6.03. The summed E-state index contributed by atoms with van der Waals surface area (Å²) in [6, 6.07) is 21.3. The van der Waals surface area contributed by atoms with Crippen molar-refractivity contribution in [1.29, 1.82) is 0 Å². The lowest BCUT2D eigenvalue weighted by Crippen LogP contribution is -2.24. The molecule has 0 bridgehead atoms. The lowest BCUT2D eigenvalue weighted by molar-refractivity contribution is 0.242. The largest absolute Gasteiger partial charge is 0.488 e. The van der Waals surface area contributed by atoms with Gasteiger partial charge in [0.1, 0.15) is 11.9 Å². The highest BCUT2D eigenvalue weighted by Crippen LogP contribution is 2.39. The maximum atomic E-state index is 6.03. The zero-order chi connectivity index (χ0) is 14.2. The molecular weight excluding hydrogens is 258 g/mol. The van der Waals surface area contributed by atoms with Crippen molar-refractivity contribution in [1.82, 2.24) is 0 Å². The maximum Gasteiger partial charge on any atom is 0.130 e. The number of hydrogen-bond donors (Lipinski definition) is 1. The van der Waals surface area contributed by atoms with E-state index in [9.17, 15) is 0 Å². The van der Waals surface area contributed by atoms with Gasteiger partial charge in [-0.3, -0.25) is 0 Å². The van der Waals surface area contributed by atoms with Crippen molar-refractivity contribution >= 4 is 10.8 Å². The number of fused-ring (bicyclic) bond motifs is 2. The quantitative estimate of drug-likeness (QED) is 0.772. The van der Waals surface area contributed by atoms with Crippen molar-refractivity contribution in [2.75, 3.05) is 6.54 Å². The highest BCUT2D eigenvalue weighted by molar-refractivity contribution is 5.88. The molecule has 0 saturated heterocycles. The van der Waals surface area contributed by atoms with Gasteiger partial charge in [-0.2, -0.15) is 0 Å². The molecule has 2 nitrogen and oxygen atoms in total. The summed E-state index contributed by atoms with van der Waals surface area (Å²) in [6.07, 6.45) is 1.02. The van der Waals surface area contributed by atoms with Crippen molar-refractivity contribution < 1.29 is 4.74 Å². The fourth-order valence-corrected chi connectivity index (χ4v) is 3.05. The molecule has 0 spiro atoms. The van der Waals surface area contributed by atoms with Crippen LogP contribution in [-0.2, 0) is 6.42 Å². The van der Waals surface area contributed by atoms with Gasteiger partial charge in [-0.15, -0.1) is 0 Å². The lowest BCUT2D eigenvalue weighted by Gasteiger charge is -2.11. The van der Waals surface area contributed by atoms with E-state index in [0.29, 0.717) is 6.54 Å². The molecule has 3 aromatic rings. The van der Waals surface area contributed by atoms with Crippen LogP contribution < -0.4 is 10.5 Å². The molecule has 1 unspecified atom stereocenters. The summed E-state index contributed by atoms with van der Waals surface area (Å²) in [4.78, 5) is 0. The molecule has 0 radical (unpaired) electrons. The van der Waals surface area contributed by atoms with Crippen molar-refractivity contribution in [3.63, 3.8) is 0 Å². The van der Waals surface area contributed by atoms with E-state index < -0.39 is 0 Å². The topological polar surface area (TPSA) is 35.2 Å². The highest BCUT2D eigenvalue weighted by atomic mass is 16.5. The molecule has 2 heteroatoms. The first-order valence-corrected chi connectivity index (χ1v) is 7.33. The van der Waals surface area contributed by atoms with E-state index >= 15 is 0 Å². The SMILES string of the molecule is NCC1Cc2cccc(-c3ccc4ccccc4c3)c2O1. The smallest absolute Gasteiger partial charge is 0.130 e. The standard InChI is InChI=1S/C19H17NO/c20-12-17-11-16-6-3-7-18(19(16)21-17)15-9-8-13-4-1-2-5-14(13)10-15/h1-10,17H,11-12,20H2. The second-order valence-corrected chi connectivity index (χ2v) is 5.54. The Balaban J connectivity index is 1.85. The summed E-state index contributed by atoms with van der Waals surface area (Å²) in [5.41, 5.74) is 9.37. The van der Waals surface area contributed by atoms with Gasteiger partial charge in [0.15, 0.2) is 0 Å². The average molecular weight is 275 g/mol. The third-order valence-corrected chi connectivity index (χ3v) is 4.15. The number of nitrogens with two attached hydrogens (primary N) is 1. The van der Waals surface area contributed by atoms with Crippen LogP contribution in [0.4, 0.5) is 0 Å². The Kier molecular flexibility index (Phi) is 2.90. The van der Waals surface area contributed by atoms with Crippen LogP contribution in [0.3, 0.4) is 0 Å². The predicted octanol–water partition coefficient (Wildman–Crippen LogP) is 3.77. The molecule has 0 saturated carbocycles. The Morgan fingerprint density at radius 3 is 2.67 bits per heavy atom. The number of para-hydroxylation sites is 1. The van der Waals surface area contributed by atoms with E-state index in [1.807, 2.05) is 0 Å². The molecule has 1 aliphatic rings. The van der Waals surface area contributed by atoms with Gasteiger partial charge in [0.25, 0.3) is 0 Å². The van der Waals surface area contributed by atoms with Gasteiger partial charge in [0.2, 0.25) is 0 Å². The number of hydrogen-bond acceptors (Lipinski definition) is 2. The minimum absolute atomic E-state index is 0.113. The van der Waals surface area contributed by atoms with Gasteiger partial charge in [0.05, 0.1) is 0 Å². The van der Waals surface area contributed by atoms with E-state index in [1.54, 1.807) is 0 Å². The molecule has 2 N–H and O–H groups in total. The first-order valence-electron chi connectivity index (χ1n) is 7.33. The van der Waals surface area contributed by atoms with Crippen molar-refractivity contribution in [2.24, 2.45) is 5.73 Å². The summed E-state index contributed by atoms with van der Waals surface area (Å²) in [7, 11) is 0. The summed E-state index contributed by atoms with van der Waals surface area (Å²) in [5, 5.41) is 2.51. The minimum Gasteiger partial charge on any atom is -0.488 e. The average Bonchev–Trinajstić information content (AvgIpc) is 2.97. The van der Waals surface area contributed by atoms with Gasteiger partial charge in [-0.1, -0.05) is 54.6 Å². The Hall–Kier alpha value is -2.32. The van der Waals surface area contributed by atoms with Crippen molar-refractivity contribution in [3.05, 3.63) is 66.2 Å². The zero-order valence-electron chi connectivity index (χ0n) is 11.8. The Morgan fingerprint density at radius 2 is 1.81 bits per heavy atom. The van der Waals surface area contributed by atoms with Crippen LogP contribution in [0.5, 0.6) is 5.75 Å². The van der Waals surface area contributed by atoms with Crippen LogP contribution in [-0.4, -0.2) is 12.6 Å². The van der Waals surface area contributed by atoms with Crippen LogP contribution in [0.2, 0.25) is 0 Å². The monoisotopic (exact) mass is 275 g/mol. The molecule has 104 valence electrons. The van der Waals surface area contributed by atoms with Crippen molar-refractivity contribution in [2.45, 2.75) is 12.5 Å². The van der Waals surface area contributed by atoms with Gasteiger partial charge in [-0.25, -0.2) is 0 Å². The van der Waals surface area contributed by atoms with E-state index in [1.165, 1.54) is 21.9 Å². The first-order chi connectivity index (χ1) is 10.3.